The van der Waals surface area contributed by atoms with Crippen LogP contribution in [0.4, 0.5) is 5.69 Å². The molecule has 3 N–H and O–H groups in total. The largest absolute Gasteiger partial charge is 0.394 e. The zero-order chi connectivity index (χ0) is 25.2. The molecule has 7 atom stereocenters. The minimum atomic E-state index is -1.05. The molecule has 0 aromatic heterocycles. The van der Waals surface area contributed by atoms with Gasteiger partial charge in [-0.2, -0.15) is 0 Å². The van der Waals surface area contributed by atoms with Gasteiger partial charge in [0.05, 0.1) is 30.6 Å². The minimum Gasteiger partial charge on any atom is -0.394 e. The Labute approximate surface area is 207 Å². The molecule has 3 heterocycles. The van der Waals surface area contributed by atoms with Crippen molar-refractivity contribution in [2.45, 2.75) is 83.1 Å². The van der Waals surface area contributed by atoms with E-state index in [0.717, 1.165) is 25.7 Å². The first-order chi connectivity index (χ1) is 16.9. The van der Waals surface area contributed by atoms with E-state index >= 15 is 0 Å². The second kappa shape index (κ2) is 10.7. The Balaban J connectivity index is 1.66. The van der Waals surface area contributed by atoms with Gasteiger partial charge < -0.3 is 25.4 Å². The van der Waals surface area contributed by atoms with E-state index in [0.29, 0.717) is 25.1 Å². The molecule has 3 aliphatic rings. The Bertz CT molecular complexity index is 925. The van der Waals surface area contributed by atoms with Crippen molar-refractivity contribution in [2.24, 2.45) is 17.8 Å². The second-order valence-electron chi connectivity index (χ2n) is 10.3. The summed E-state index contributed by atoms with van der Waals surface area (Å²) in [5.74, 6) is -2.18. The van der Waals surface area contributed by atoms with Crippen LogP contribution in [0.25, 0.3) is 0 Å². The van der Waals surface area contributed by atoms with Crippen LogP contribution in [-0.4, -0.2) is 64.7 Å². The van der Waals surface area contributed by atoms with E-state index in [1.165, 1.54) is 0 Å². The van der Waals surface area contributed by atoms with Crippen LogP contribution < -0.4 is 10.6 Å². The number of likely N-dealkylation sites (tertiary alicyclic amines) is 1. The van der Waals surface area contributed by atoms with Crippen molar-refractivity contribution in [3.05, 3.63) is 30.3 Å². The third kappa shape index (κ3) is 4.47. The highest BCUT2D eigenvalue weighted by Gasteiger charge is 2.75. The minimum absolute atomic E-state index is 0.0108. The van der Waals surface area contributed by atoms with Gasteiger partial charge in [-0.05, 0) is 37.3 Å². The van der Waals surface area contributed by atoms with Crippen molar-refractivity contribution in [3.8, 4) is 0 Å². The van der Waals surface area contributed by atoms with Crippen LogP contribution in [0.15, 0.2) is 30.3 Å². The molecule has 1 aromatic rings. The summed E-state index contributed by atoms with van der Waals surface area (Å²) in [6, 6.07) is 7.80. The molecule has 2 unspecified atom stereocenters. The molecule has 0 aliphatic carbocycles. The molecule has 8 nitrogen and oxygen atoms in total. The number of carbonyl (C=O) groups is 3. The van der Waals surface area contributed by atoms with Crippen LogP contribution in [0.5, 0.6) is 0 Å². The zero-order valence-electron chi connectivity index (χ0n) is 21.0. The number of anilines is 1. The number of hydrogen-bond acceptors (Lipinski definition) is 5. The molecule has 35 heavy (non-hydrogen) atoms. The normalized spacial score (nSPS) is 30.7. The summed E-state index contributed by atoms with van der Waals surface area (Å²) in [6.07, 6.45) is 4.43. The molecule has 1 spiro atoms. The lowest BCUT2D eigenvalue weighted by Gasteiger charge is -2.38. The summed E-state index contributed by atoms with van der Waals surface area (Å²) in [7, 11) is 0. The summed E-state index contributed by atoms with van der Waals surface area (Å²) in [5, 5.41) is 16.3. The summed E-state index contributed by atoms with van der Waals surface area (Å²) >= 11 is 0. The molecule has 4 rings (SSSR count). The van der Waals surface area contributed by atoms with Crippen molar-refractivity contribution in [3.63, 3.8) is 0 Å². The number of unbranched alkanes of at least 4 members (excludes halogenated alkanes) is 2. The molecule has 3 aliphatic heterocycles. The third-order valence-electron chi connectivity index (χ3n) is 8.26. The fourth-order valence-corrected chi connectivity index (χ4v) is 6.29. The van der Waals surface area contributed by atoms with E-state index in [4.69, 9.17) is 4.74 Å². The van der Waals surface area contributed by atoms with Gasteiger partial charge in [-0.1, -0.05) is 58.2 Å². The van der Waals surface area contributed by atoms with Crippen molar-refractivity contribution < 1.29 is 24.2 Å². The molecule has 1 aromatic carbocycles. The molecular formula is C27H39N3O5. The van der Waals surface area contributed by atoms with Gasteiger partial charge in [0.1, 0.15) is 11.6 Å². The van der Waals surface area contributed by atoms with Crippen molar-refractivity contribution >= 4 is 23.4 Å². The number of aliphatic hydroxyl groups is 1. The van der Waals surface area contributed by atoms with E-state index < -0.39 is 35.6 Å². The Kier molecular flexibility index (Phi) is 7.81. The Morgan fingerprint density at radius 1 is 1.20 bits per heavy atom. The average molecular weight is 486 g/mol. The first kappa shape index (κ1) is 25.6. The molecule has 3 saturated heterocycles. The predicted octanol–water partition coefficient (Wildman–Crippen LogP) is 2.71. The maximum atomic E-state index is 14.0. The molecule has 8 heteroatoms. The van der Waals surface area contributed by atoms with Gasteiger partial charge in [-0.3, -0.25) is 14.4 Å². The van der Waals surface area contributed by atoms with E-state index in [-0.39, 0.29) is 30.2 Å². The molecule has 3 fully saturated rings. The topological polar surface area (TPSA) is 108 Å². The van der Waals surface area contributed by atoms with Crippen LogP contribution in [0.3, 0.4) is 0 Å². The number of aliphatic hydroxyl groups excluding tert-OH is 1. The Morgan fingerprint density at radius 3 is 2.60 bits per heavy atom. The number of fused-ring (bicyclic) bond motifs is 1. The summed E-state index contributed by atoms with van der Waals surface area (Å²) < 4.78 is 6.46. The molecular weight excluding hydrogens is 446 g/mol. The lowest BCUT2D eigenvalue weighted by molar-refractivity contribution is -0.146. The number of rotatable bonds is 11. The van der Waals surface area contributed by atoms with Gasteiger partial charge in [0.25, 0.3) is 0 Å². The highest BCUT2D eigenvalue weighted by Crippen LogP contribution is 2.59. The molecule has 0 saturated carbocycles. The number of para-hydroxylation sites is 1. The van der Waals surface area contributed by atoms with E-state index in [2.05, 4.69) is 17.6 Å². The number of amides is 3. The van der Waals surface area contributed by atoms with Gasteiger partial charge in [-0.15, -0.1) is 0 Å². The summed E-state index contributed by atoms with van der Waals surface area (Å²) in [5.41, 5.74) is -0.384. The monoisotopic (exact) mass is 485 g/mol. The number of ether oxygens (including phenoxy) is 1. The quantitative estimate of drug-likeness (QED) is 0.418. The van der Waals surface area contributed by atoms with Crippen LogP contribution in [0, 0.1) is 17.8 Å². The average Bonchev–Trinajstić information content (AvgIpc) is 3.50. The lowest BCUT2D eigenvalue weighted by Crippen LogP contribution is -2.59. The number of carbonyl (C=O) groups excluding carboxylic acids is 3. The molecule has 192 valence electrons. The van der Waals surface area contributed by atoms with Crippen LogP contribution in [-0.2, 0) is 19.1 Å². The van der Waals surface area contributed by atoms with Gasteiger partial charge >= 0.3 is 0 Å². The van der Waals surface area contributed by atoms with Crippen molar-refractivity contribution in [1.82, 2.24) is 10.2 Å². The Morgan fingerprint density at radius 2 is 1.94 bits per heavy atom. The SMILES string of the molecule is CCCCCNC(=O)C1N([C@@H](CO)[C@@H](C)CC)C(=O)[C@@H]2[C@H](C(=O)Nc3ccccc3)[C@@H]3CCC12O3. The number of hydrogen-bond donors (Lipinski definition) is 3. The standard InChI is InChI=1S/C27H39N3O5/c1-4-6-10-15-28-25(33)23-27-14-13-20(35-27)21(24(32)29-18-11-8-7-9-12-18)22(27)26(34)30(23)19(16-31)17(3)5-2/h7-9,11-12,17,19-23,31H,4-6,10,13-16H2,1-3H3,(H,28,33)(H,29,32)/t17-,19-,20-,21+,22-,23?,27?/m0/s1. The number of nitrogens with zero attached hydrogens (tertiary/aromatic N) is 1. The fourth-order valence-electron chi connectivity index (χ4n) is 6.29. The van der Waals surface area contributed by atoms with Gasteiger partial charge in [0, 0.05) is 12.2 Å². The van der Waals surface area contributed by atoms with E-state index in [1.807, 2.05) is 44.2 Å². The summed E-state index contributed by atoms with van der Waals surface area (Å²) in [4.78, 5) is 42.6. The Hall–Kier alpha value is -2.45. The lowest BCUT2D eigenvalue weighted by atomic mass is 9.70. The highest BCUT2D eigenvalue weighted by molar-refractivity contribution is 6.02. The molecule has 3 amide bonds. The first-order valence-electron chi connectivity index (χ1n) is 13.1. The smallest absolute Gasteiger partial charge is 0.245 e. The summed E-state index contributed by atoms with van der Waals surface area (Å²) in [6.45, 7) is 6.37. The zero-order valence-corrected chi connectivity index (χ0v) is 21.0. The van der Waals surface area contributed by atoms with Gasteiger partial charge in [0.15, 0.2) is 0 Å². The van der Waals surface area contributed by atoms with Crippen LogP contribution in [0.2, 0.25) is 0 Å². The fraction of sp³-hybridized carbons (Fsp3) is 0.667. The van der Waals surface area contributed by atoms with Crippen molar-refractivity contribution in [1.29, 1.82) is 0 Å². The number of benzene rings is 1. The van der Waals surface area contributed by atoms with Crippen molar-refractivity contribution in [2.75, 3.05) is 18.5 Å². The number of nitrogens with one attached hydrogen (secondary N) is 2. The molecule has 0 radical (unpaired) electrons. The van der Waals surface area contributed by atoms with Crippen LogP contribution in [0.1, 0.15) is 59.3 Å². The maximum Gasteiger partial charge on any atom is 0.245 e. The third-order valence-corrected chi connectivity index (χ3v) is 8.26. The van der Waals surface area contributed by atoms with E-state index in [9.17, 15) is 19.5 Å². The molecule has 2 bridgehead atoms. The van der Waals surface area contributed by atoms with Crippen LogP contribution >= 0.6 is 0 Å². The highest BCUT2D eigenvalue weighted by atomic mass is 16.5. The first-order valence-corrected chi connectivity index (χ1v) is 13.1. The maximum absolute atomic E-state index is 14.0. The second-order valence-corrected chi connectivity index (χ2v) is 10.3. The van der Waals surface area contributed by atoms with Gasteiger partial charge in [-0.25, -0.2) is 0 Å². The predicted molar refractivity (Wildman–Crippen MR) is 132 cm³/mol. The van der Waals surface area contributed by atoms with Gasteiger partial charge in [0.2, 0.25) is 17.7 Å². The van der Waals surface area contributed by atoms with E-state index in [1.54, 1.807) is 4.90 Å².